The van der Waals surface area contributed by atoms with Crippen LogP contribution in [0.25, 0.3) is 0 Å². The molecule has 0 amide bonds. The monoisotopic (exact) mass is 316 g/mol. The van der Waals surface area contributed by atoms with Gasteiger partial charge in [-0.05, 0) is 37.0 Å². The van der Waals surface area contributed by atoms with E-state index in [1.807, 2.05) is 24.3 Å². The van der Waals surface area contributed by atoms with Gasteiger partial charge in [0.1, 0.15) is 11.6 Å². The fourth-order valence-corrected chi connectivity index (χ4v) is 2.58. The van der Waals surface area contributed by atoms with Gasteiger partial charge in [-0.15, -0.1) is 0 Å². The molecule has 2 aromatic rings. The number of aliphatic carboxylic acids is 1. The number of hydrogen-bond donors (Lipinski definition) is 1. The number of aryl methyl sites for hydroxylation is 1. The number of carboxylic acid groups (broad SMARTS) is 1. The van der Waals surface area contributed by atoms with Crippen LogP contribution in [-0.4, -0.2) is 17.7 Å². The number of hydrogen-bond acceptors (Lipinski definition) is 2. The molecule has 0 aromatic heterocycles. The zero-order valence-electron chi connectivity index (χ0n) is 13.2. The predicted molar refractivity (Wildman–Crippen MR) is 87.3 cm³/mol. The molecule has 23 heavy (non-hydrogen) atoms. The Hall–Kier alpha value is -2.36. The van der Waals surface area contributed by atoms with E-state index in [-0.39, 0.29) is 5.56 Å². The molecule has 3 nitrogen and oxygen atoms in total. The molecule has 0 fully saturated rings. The first kappa shape index (κ1) is 17.0. The summed E-state index contributed by atoms with van der Waals surface area (Å²) in [5.74, 6) is -1.50. The van der Waals surface area contributed by atoms with Crippen LogP contribution < -0.4 is 4.74 Å². The molecule has 0 heterocycles. The van der Waals surface area contributed by atoms with Crippen molar-refractivity contribution in [1.29, 1.82) is 0 Å². The third-order valence-corrected chi connectivity index (χ3v) is 3.83. The summed E-state index contributed by atoms with van der Waals surface area (Å²) >= 11 is 0. The lowest BCUT2D eigenvalue weighted by molar-refractivity contribution is -0.139. The second-order valence-corrected chi connectivity index (χ2v) is 5.36. The van der Waals surface area contributed by atoms with E-state index in [1.165, 1.54) is 12.1 Å². The predicted octanol–water partition coefficient (Wildman–Crippen LogP) is 4.42. The van der Waals surface area contributed by atoms with Gasteiger partial charge >= 0.3 is 5.97 Å². The van der Waals surface area contributed by atoms with E-state index in [4.69, 9.17) is 4.74 Å². The van der Waals surface area contributed by atoms with Crippen molar-refractivity contribution in [3.8, 4) is 5.75 Å². The van der Waals surface area contributed by atoms with Crippen LogP contribution in [0, 0.1) is 5.82 Å². The fourth-order valence-electron chi connectivity index (χ4n) is 2.58. The Balaban J connectivity index is 1.93. The summed E-state index contributed by atoms with van der Waals surface area (Å²) in [4.78, 5) is 11.4. The summed E-state index contributed by atoms with van der Waals surface area (Å²) in [6.07, 6.45) is 1.76. The number of halogens is 1. The first-order chi connectivity index (χ1) is 11.1. The molecule has 0 aliphatic carbocycles. The van der Waals surface area contributed by atoms with Crippen molar-refractivity contribution in [3.05, 3.63) is 65.5 Å². The van der Waals surface area contributed by atoms with E-state index in [9.17, 15) is 14.3 Å². The second kappa shape index (κ2) is 8.32. The minimum Gasteiger partial charge on any atom is -0.493 e. The van der Waals surface area contributed by atoms with Crippen molar-refractivity contribution in [3.63, 3.8) is 0 Å². The van der Waals surface area contributed by atoms with E-state index in [1.54, 1.807) is 12.1 Å². The third kappa shape index (κ3) is 4.55. The van der Waals surface area contributed by atoms with Crippen molar-refractivity contribution >= 4 is 5.97 Å². The largest absolute Gasteiger partial charge is 0.493 e. The molecule has 0 aliphatic heterocycles. The molecule has 0 spiro atoms. The smallest absolute Gasteiger partial charge is 0.311 e. The first-order valence-corrected chi connectivity index (χ1v) is 7.81. The summed E-state index contributed by atoms with van der Waals surface area (Å²) < 4.78 is 19.5. The summed E-state index contributed by atoms with van der Waals surface area (Å²) in [5, 5.41) is 9.34. The molecule has 122 valence electrons. The van der Waals surface area contributed by atoms with Crippen LogP contribution in [0.1, 0.15) is 36.8 Å². The Kier molecular flexibility index (Phi) is 6.15. The number of ether oxygens (including phenoxy) is 1. The van der Waals surface area contributed by atoms with E-state index >= 15 is 0 Å². The van der Waals surface area contributed by atoms with Crippen LogP contribution in [0.4, 0.5) is 4.39 Å². The van der Waals surface area contributed by atoms with Gasteiger partial charge < -0.3 is 9.84 Å². The maximum absolute atomic E-state index is 13.8. The Bertz CT molecular complexity index is 655. The Morgan fingerprint density at radius 3 is 2.57 bits per heavy atom. The molecular formula is C19H21FO3. The van der Waals surface area contributed by atoms with Crippen LogP contribution in [-0.2, 0) is 11.2 Å². The molecule has 1 N–H and O–H groups in total. The minimum atomic E-state index is -1.01. The topological polar surface area (TPSA) is 46.5 Å². The normalized spacial score (nSPS) is 11.9. The quantitative estimate of drug-likeness (QED) is 0.734. The van der Waals surface area contributed by atoms with Gasteiger partial charge in [0.15, 0.2) is 0 Å². The Morgan fingerprint density at radius 2 is 1.87 bits per heavy atom. The summed E-state index contributed by atoms with van der Waals surface area (Å²) in [6, 6.07) is 13.8. The van der Waals surface area contributed by atoms with Crippen molar-refractivity contribution in [2.75, 3.05) is 6.61 Å². The van der Waals surface area contributed by atoms with Gasteiger partial charge in [-0.25, -0.2) is 4.39 Å². The van der Waals surface area contributed by atoms with Crippen LogP contribution in [0.5, 0.6) is 5.75 Å². The van der Waals surface area contributed by atoms with Crippen molar-refractivity contribution in [2.24, 2.45) is 0 Å². The van der Waals surface area contributed by atoms with Gasteiger partial charge in [-0.1, -0.05) is 43.3 Å². The number of benzene rings is 2. The van der Waals surface area contributed by atoms with Crippen molar-refractivity contribution in [2.45, 2.75) is 32.1 Å². The number of carboxylic acids is 1. The van der Waals surface area contributed by atoms with E-state index in [0.717, 1.165) is 17.7 Å². The molecule has 2 aromatic carbocycles. The zero-order valence-corrected chi connectivity index (χ0v) is 13.2. The molecule has 0 saturated heterocycles. The highest BCUT2D eigenvalue weighted by molar-refractivity contribution is 5.76. The van der Waals surface area contributed by atoms with Crippen LogP contribution >= 0.6 is 0 Å². The summed E-state index contributed by atoms with van der Waals surface area (Å²) in [6.45, 7) is 2.47. The maximum Gasteiger partial charge on any atom is 0.311 e. The average Bonchev–Trinajstić information content (AvgIpc) is 2.56. The van der Waals surface area contributed by atoms with Gasteiger partial charge in [0.2, 0.25) is 0 Å². The second-order valence-electron chi connectivity index (χ2n) is 5.36. The number of carbonyl (C=O) groups is 1. The minimum absolute atomic E-state index is 0.231. The lowest BCUT2D eigenvalue weighted by Gasteiger charge is -2.14. The van der Waals surface area contributed by atoms with Crippen LogP contribution in [0.3, 0.4) is 0 Å². The molecule has 4 heteroatoms. The number of para-hydroxylation sites is 1. The third-order valence-electron chi connectivity index (χ3n) is 3.83. The lowest BCUT2D eigenvalue weighted by atomic mass is 9.94. The van der Waals surface area contributed by atoms with E-state index in [2.05, 4.69) is 6.92 Å². The summed E-state index contributed by atoms with van der Waals surface area (Å²) in [5.41, 5.74) is 1.35. The van der Waals surface area contributed by atoms with Crippen LogP contribution in [0.15, 0.2) is 48.5 Å². The highest BCUT2D eigenvalue weighted by Gasteiger charge is 2.22. The van der Waals surface area contributed by atoms with Crippen LogP contribution in [0.2, 0.25) is 0 Å². The van der Waals surface area contributed by atoms with Gasteiger partial charge in [-0.3, -0.25) is 4.79 Å². The standard InChI is InChI=1S/C19H21FO3/c1-2-14-8-3-6-12-18(14)23-13-7-10-16(19(21)22)15-9-4-5-11-17(15)20/h3-6,8-9,11-12,16H,2,7,10,13H2,1H3,(H,21,22). The Morgan fingerprint density at radius 1 is 1.17 bits per heavy atom. The number of rotatable bonds is 8. The lowest BCUT2D eigenvalue weighted by Crippen LogP contribution is -2.14. The van der Waals surface area contributed by atoms with Gasteiger partial charge in [0.25, 0.3) is 0 Å². The van der Waals surface area contributed by atoms with Gasteiger partial charge in [0.05, 0.1) is 12.5 Å². The van der Waals surface area contributed by atoms with Gasteiger partial charge in [0, 0.05) is 5.56 Å². The fraction of sp³-hybridized carbons (Fsp3) is 0.316. The molecular weight excluding hydrogens is 295 g/mol. The molecule has 1 atom stereocenters. The van der Waals surface area contributed by atoms with Crippen molar-refractivity contribution in [1.82, 2.24) is 0 Å². The van der Waals surface area contributed by atoms with E-state index in [0.29, 0.717) is 19.4 Å². The molecule has 0 radical (unpaired) electrons. The van der Waals surface area contributed by atoms with E-state index < -0.39 is 17.7 Å². The molecule has 2 rings (SSSR count). The molecule has 0 saturated carbocycles. The van der Waals surface area contributed by atoms with Crippen molar-refractivity contribution < 1.29 is 19.0 Å². The molecule has 0 aliphatic rings. The molecule has 1 unspecified atom stereocenters. The first-order valence-electron chi connectivity index (χ1n) is 7.81. The average molecular weight is 316 g/mol. The highest BCUT2D eigenvalue weighted by Crippen LogP contribution is 2.25. The highest BCUT2D eigenvalue weighted by atomic mass is 19.1. The SMILES string of the molecule is CCc1ccccc1OCCCC(C(=O)O)c1ccccc1F. The zero-order chi connectivity index (χ0) is 16.7. The molecule has 0 bridgehead atoms. The maximum atomic E-state index is 13.8. The van der Waals surface area contributed by atoms with Gasteiger partial charge in [-0.2, -0.15) is 0 Å². The Labute approximate surface area is 135 Å². The summed E-state index contributed by atoms with van der Waals surface area (Å²) in [7, 11) is 0.